The van der Waals surface area contributed by atoms with E-state index in [2.05, 4.69) is 9.97 Å². The second-order valence-electron chi connectivity index (χ2n) is 3.50. The smallest absolute Gasteiger partial charge is 0.223 e. The van der Waals surface area contributed by atoms with Gasteiger partial charge in [-0.05, 0) is 19.1 Å². The number of nitrogen functional groups attached to an aromatic ring is 1. The maximum Gasteiger partial charge on any atom is 0.223 e. The first kappa shape index (κ1) is 11.7. The van der Waals surface area contributed by atoms with Crippen molar-refractivity contribution in [3.63, 3.8) is 0 Å². The van der Waals surface area contributed by atoms with Crippen molar-refractivity contribution in [1.29, 1.82) is 0 Å². The van der Waals surface area contributed by atoms with E-state index in [1.54, 1.807) is 12.3 Å². The van der Waals surface area contributed by atoms with E-state index in [4.69, 9.17) is 21.8 Å². The lowest BCUT2D eigenvalue weighted by Gasteiger charge is -2.20. The van der Waals surface area contributed by atoms with Gasteiger partial charge in [0, 0.05) is 12.6 Å². The van der Waals surface area contributed by atoms with Gasteiger partial charge in [0.1, 0.15) is 16.7 Å². The standard InChI is InChI=1S/C11H13ClN4O/c1-2-16(7-8-4-3-5-17-8)10-6-9(12)14-11(13)15-10/h3-6H,2,7H2,1H3,(H2,13,14,15). The molecular formula is C11H13ClN4O. The summed E-state index contributed by atoms with van der Waals surface area (Å²) in [6.45, 7) is 3.42. The van der Waals surface area contributed by atoms with Crippen molar-refractivity contribution in [1.82, 2.24) is 9.97 Å². The van der Waals surface area contributed by atoms with Gasteiger partial charge in [0.15, 0.2) is 0 Å². The van der Waals surface area contributed by atoms with Gasteiger partial charge in [0.25, 0.3) is 0 Å². The maximum absolute atomic E-state index is 5.85. The number of hydrogen-bond donors (Lipinski definition) is 1. The third kappa shape index (κ3) is 2.88. The molecule has 2 rings (SSSR count). The van der Waals surface area contributed by atoms with E-state index in [1.165, 1.54) is 0 Å². The van der Waals surface area contributed by atoms with Crippen LogP contribution in [0.25, 0.3) is 0 Å². The zero-order chi connectivity index (χ0) is 12.3. The second-order valence-corrected chi connectivity index (χ2v) is 3.89. The number of aromatic nitrogens is 2. The van der Waals surface area contributed by atoms with Crippen LogP contribution >= 0.6 is 11.6 Å². The zero-order valence-corrected chi connectivity index (χ0v) is 10.2. The first-order chi connectivity index (χ1) is 8.19. The molecule has 0 radical (unpaired) electrons. The summed E-state index contributed by atoms with van der Waals surface area (Å²) in [6.07, 6.45) is 1.64. The molecule has 0 amide bonds. The number of halogens is 1. The topological polar surface area (TPSA) is 68.2 Å². The molecule has 0 saturated heterocycles. The van der Waals surface area contributed by atoms with Crippen LogP contribution in [-0.4, -0.2) is 16.5 Å². The minimum atomic E-state index is 0.172. The Morgan fingerprint density at radius 3 is 2.88 bits per heavy atom. The van der Waals surface area contributed by atoms with E-state index >= 15 is 0 Å². The molecule has 17 heavy (non-hydrogen) atoms. The first-order valence-corrected chi connectivity index (χ1v) is 5.64. The monoisotopic (exact) mass is 252 g/mol. The predicted octanol–water partition coefficient (Wildman–Crippen LogP) is 2.33. The van der Waals surface area contributed by atoms with Crippen molar-refractivity contribution in [2.24, 2.45) is 0 Å². The first-order valence-electron chi connectivity index (χ1n) is 5.26. The number of hydrogen-bond acceptors (Lipinski definition) is 5. The minimum absolute atomic E-state index is 0.172. The van der Waals surface area contributed by atoms with Gasteiger partial charge in [-0.15, -0.1) is 0 Å². The highest BCUT2D eigenvalue weighted by atomic mass is 35.5. The van der Waals surface area contributed by atoms with Crippen LogP contribution in [-0.2, 0) is 6.54 Å². The normalized spacial score (nSPS) is 10.5. The molecule has 0 aliphatic rings. The van der Waals surface area contributed by atoms with Crippen LogP contribution < -0.4 is 10.6 Å². The summed E-state index contributed by atoms with van der Waals surface area (Å²) >= 11 is 5.85. The third-order valence-corrected chi connectivity index (χ3v) is 2.52. The number of anilines is 2. The number of nitrogens with two attached hydrogens (primary N) is 1. The summed E-state index contributed by atoms with van der Waals surface area (Å²) in [5.41, 5.74) is 5.57. The molecule has 6 heteroatoms. The molecule has 2 aromatic rings. The lowest BCUT2D eigenvalue weighted by Crippen LogP contribution is -2.23. The fourth-order valence-electron chi connectivity index (χ4n) is 1.53. The fraction of sp³-hybridized carbons (Fsp3) is 0.273. The summed E-state index contributed by atoms with van der Waals surface area (Å²) in [5, 5.41) is 0.338. The van der Waals surface area contributed by atoms with Crippen LogP contribution in [0.1, 0.15) is 12.7 Å². The Balaban J connectivity index is 2.22. The molecule has 0 atom stereocenters. The number of rotatable bonds is 4. The van der Waals surface area contributed by atoms with Gasteiger partial charge in [0.2, 0.25) is 5.95 Å². The van der Waals surface area contributed by atoms with E-state index in [0.29, 0.717) is 17.5 Å². The van der Waals surface area contributed by atoms with Crippen molar-refractivity contribution >= 4 is 23.4 Å². The Hall–Kier alpha value is -1.75. The van der Waals surface area contributed by atoms with Crippen molar-refractivity contribution in [3.8, 4) is 0 Å². The molecule has 2 N–H and O–H groups in total. The molecular weight excluding hydrogens is 240 g/mol. The van der Waals surface area contributed by atoms with E-state index < -0.39 is 0 Å². The molecule has 0 unspecified atom stereocenters. The summed E-state index contributed by atoms with van der Waals surface area (Å²) in [4.78, 5) is 9.98. The van der Waals surface area contributed by atoms with Gasteiger partial charge in [0.05, 0.1) is 12.8 Å². The molecule has 0 aliphatic carbocycles. The summed E-state index contributed by atoms with van der Waals surface area (Å²) in [5.74, 6) is 1.73. The molecule has 5 nitrogen and oxygen atoms in total. The van der Waals surface area contributed by atoms with E-state index in [1.807, 2.05) is 24.0 Å². The molecule has 0 aromatic carbocycles. The highest BCUT2D eigenvalue weighted by Crippen LogP contribution is 2.19. The molecule has 2 heterocycles. The van der Waals surface area contributed by atoms with Crippen LogP contribution in [0.4, 0.5) is 11.8 Å². The lowest BCUT2D eigenvalue weighted by atomic mass is 10.4. The largest absolute Gasteiger partial charge is 0.467 e. The van der Waals surface area contributed by atoms with Gasteiger partial charge >= 0.3 is 0 Å². The Morgan fingerprint density at radius 2 is 2.29 bits per heavy atom. The van der Waals surface area contributed by atoms with Gasteiger partial charge in [-0.1, -0.05) is 11.6 Å². The van der Waals surface area contributed by atoms with Crippen LogP contribution in [0.3, 0.4) is 0 Å². The van der Waals surface area contributed by atoms with Crippen LogP contribution in [0, 0.1) is 0 Å². The minimum Gasteiger partial charge on any atom is -0.467 e. The van der Waals surface area contributed by atoms with Crippen LogP contribution in [0.5, 0.6) is 0 Å². The van der Waals surface area contributed by atoms with Crippen molar-refractivity contribution in [3.05, 3.63) is 35.4 Å². The van der Waals surface area contributed by atoms with E-state index in [-0.39, 0.29) is 5.95 Å². The third-order valence-electron chi connectivity index (χ3n) is 2.33. The lowest BCUT2D eigenvalue weighted by molar-refractivity contribution is 0.503. The molecule has 0 spiro atoms. The number of furan rings is 1. The average molecular weight is 253 g/mol. The highest BCUT2D eigenvalue weighted by Gasteiger charge is 2.10. The quantitative estimate of drug-likeness (QED) is 0.846. The Morgan fingerprint density at radius 1 is 1.47 bits per heavy atom. The van der Waals surface area contributed by atoms with E-state index in [0.717, 1.165) is 12.3 Å². The van der Waals surface area contributed by atoms with Crippen LogP contribution in [0.15, 0.2) is 28.9 Å². The summed E-state index contributed by atoms with van der Waals surface area (Å²) < 4.78 is 5.30. The Labute approximate surface area is 104 Å². The van der Waals surface area contributed by atoms with Crippen LogP contribution in [0.2, 0.25) is 5.15 Å². The molecule has 0 bridgehead atoms. The molecule has 0 aliphatic heterocycles. The highest BCUT2D eigenvalue weighted by molar-refractivity contribution is 6.29. The van der Waals surface area contributed by atoms with Crippen molar-refractivity contribution < 1.29 is 4.42 Å². The van der Waals surface area contributed by atoms with Crippen molar-refractivity contribution in [2.75, 3.05) is 17.2 Å². The average Bonchev–Trinajstić information content (AvgIpc) is 2.77. The summed E-state index contributed by atoms with van der Waals surface area (Å²) in [6, 6.07) is 5.45. The second kappa shape index (κ2) is 5.05. The van der Waals surface area contributed by atoms with E-state index in [9.17, 15) is 0 Å². The summed E-state index contributed by atoms with van der Waals surface area (Å²) in [7, 11) is 0. The molecule has 0 fully saturated rings. The van der Waals surface area contributed by atoms with Gasteiger partial charge in [-0.3, -0.25) is 0 Å². The fourth-order valence-corrected chi connectivity index (χ4v) is 1.71. The maximum atomic E-state index is 5.85. The molecule has 0 saturated carbocycles. The Kier molecular flexibility index (Phi) is 3.49. The SMILES string of the molecule is CCN(Cc1ccco1)c1cc(Cl)nc(N)n1. The molecule has 2 aromatic heterocycles. The number of nitrogens with zero attached hydrogens (tertiary/aromatic N) is 3. The van der Waals surface area contributed by atoms with Gasteiger partial charge in [-0.25, -0.2) is 4.98 Å². The van der Waals surface area contributed by atoms with Crippen molar-refractivity contribution in [2.45, 2.75) is 13.5 Å². The van der Waals surface area contributed by atoms with Gasteiger partial charge in [-0.2, -0.15) is 4.98 Å². The van der Waals surface area contributed by atoms with Gasteiger partial charge < -0.3 is 15.1 Å². The Bertz CT molecular complexity index is 466. The molecule has 90 valence electrons. The predicted molar refractivity (Wildman–Crippen MR) is 66.9 cm³/mol. The zero-order valence-electron chi connectivity index (χ0n) is 9.43.